The summed E-state index contributed by atoms with van der Waals surface area (Å²) >= 11 is 0. The van der Waals surface area contributed by atoms with Gasteiger partial charge in [-0.3, -0.25) is 10.0 Å². The van der Waals surface area contributed by atoms with E-state index in [0.29, 0.717) is 12.8 Å². The number of aliphatic hydroxyl groups excluding tert-OH is 1. The van der Waals surface area contributed by atoms with Crippen LogP contribution in [0.4, 0.5) is 9.59 Å². The Kier molecular flexibility index (Phi) is 8.92. The third-order valence-corrected chi connectivity index (χ3v) is 3.93. The quantitative estimate of drug-likeness (QED) is 0.484. The minimum absolute atomic E-state index is 0.0223. The van der Waals surface area contributed by atoms with Crippen molar-refractivity contribution in [2.24, 2.45) is 11.3 Å². The standard InChI is InChI=1S/C16H31N3O5/c1-7-16(4,5)10-18(14(22)17-6)15(23)19(24)13(21)12(20)9-8-11(2)3/h11-12,20,24H,7-10H2,1-6H3,(H,17,22)/t12-/m0/s1. The van der Waals surface area contributed by atoms with Gasteiger partial charge in [-0.15, -0.1) is 5.06 Å². The van der Waals surface area contributed by atoms with Gasteiger partial charge in [0.2, 0.25) is 0 Å². The molecular weight excluding hydrogens is 314 g/mol. The molecule has 0 unspecified atom stereocenters. The molecule has 3 N–H and O–H groups in total. The van der Waals surface area contributed by atoms with Gasteiger partial charge < -0.3 is 10.4 Å². The largest absolute Gasteiger partial charge is 0.383 e. The highest BCUT2D eigenvalue weighted by molar-refractivity contribution is 6.01. The van der Waals surface area contributed by atoms with Crippen molar-refractivity contribution in [3.05, 3.63) is 0 Å². The number of nitrogens with zero attached hydrogens (tertiary/aromatic N) is 2. The van der Waals surface area contributed by atoms with Crippen molar-refractivity contribution < 1.29 is 24.7 Å². The number of carbonyl (C=O) groups is 3. The van der Waals surface area contributed by atoms with Crippen LogP contribution in [0, 0.1) is 11.3 Å². The fourth-order valence-electron chi connectivity index (χ4n) is 1.87. The van der Waals surface area contributed by atoms with E-state index in [1.54, 1.807) is 0 Å². The van der Waals surface area contributed by atoms with Gasteiger partial charge in [-0.25, -0.2) is 14.5 Å². The Bertz CT molecular complexity index is 451. The Hall–Kier alpha value is -1.67. The van der Waals surface area contributed by atoms with E-state index >= 15 is 0 Å². The first kappa shape index (κ1) is 22.3. The van der Waals surface area contributed by atoms with E-state index in [0.717, 1.165) is 4.90 Å². The lowest BCUT2D eigenvalue weighted by Gasteiger charge is -2.32. The number of hydroxylamine groups is 2. The van der Waals surface area contributed by atoms with Crippen LogP contribution in [0.15, 0.2) is 0 Å². The molecule has 0 bridgehead atoms. The van der Waals surface area contributed by atoms with Crippen LogP contribution >= 0.6 is 0 Å². The fraction of sp³-hybridized carbons (Fsp3) is 0.812. The van der Waals surface area contributed by atoms with Crippen molar-refractivity contribution >= 4 is 18.0 Å². The number of carbonyl (C=O) groups excluding carboxylic acids is 3. The van der Waals surface area contributed by atoms with Crippen LogP contribution in [0.5, 0.6) is 0 Å². The predicted octanol–water partition coefficient (Wildman–Crippen LogP) is 2.20. The first-order chi connectivity index (χ1) is 11.0. The van der Waals surface area contributed by atoms with E-state index in [1.807, 2.05) is 34.6 Å². The first-order valence-corrected chi connectivity index (χ1v) is 8.21. The van der Waals surface area contributed by atoms with Gasteiger partial charge in [-0.1, -0.05) is 34.6 Å². The lowest BCUT2D eigenvalue weighted by atomic mass is 9.90. The highest BCUT2D eigenvalue weighted by Crippen LogP contribution is 2.22. The molecule has 1 atom stereocenters. The van der Waals surface area contributed by atoms with Crippen molar-refractivity contribution in [1.82, 2.24) is 15.3 Å². The SMILES string of the molecule is CCC(C)(C)CN(C(=O)NC)C(=O)N(O)C(=O)[C@@H](O)CCC(C)C. The number of nitrogens with one attached hydrogen (secondary N) is 1. The second-order valence-electron chi connectivity index (χ2n) is 7.08. The molecule has 140 valence electrons. The maximum Gasteiger partial charge on any atom is 0.359 e. The average molecular weight is 345 g/mol. The van der Waals surface area contributed by atoms with Crippen molar-refractivity contribution in [2.45, 2.75) is 60.0 Å². The normalized spacial score (nSPS) is 12.7. The summed E-state index contributed by atoms with van der Waals surface area (Å²) in [6, 6.07) is -1.91. The van der Waals surface area contributed by atoms with Crippen LogP contribution in [-0.4, -0.2) is 57.9 Å². The number of hydrogen-bond donors (Lipinski definition) is 3. The van der Waals surface area contributed by atoms with Crippen LogP contribution < -0.4 is 5.32 Å². The molecule has 24 heavy (non-hydrogen) atoms. The van der Waals surface area contributed by atoms with Crippen LogP contribution in [0.1, 0.15) is 53.9 Å². The number of amides is 5. The Morgan fingerprint density at radius 1 is 1.17 bits per heavy atom. The Morgan fingerprint density at radius 2 is 1.71 bits per heavy atom. The van der Waals surface area contributed by atoms with E-state index in [2.05, 4.69) is 5.32 Å². The zero-order valence-electron chi connectivity index (χ0n) is 15.5. The molecule has 0 fully saturated rings. The molecular formula is C16H31N3O5. The van der Waals surface area contributed by atoms with Crippen molar-refractivity contribution in [3.63, 3.8) is 0 Å². The van der Waals surface area contributed by atoms with Crippen LogP contribution in [0.25, 0.3) is 0 Å². The number of rotatable bonds is 7. The van der Waals surface area contributed by atoms with E-state index in [1.165, 1.54) is 7.05 Å². The molecule has 8 nitrogen and oxygen atoms in total. The molecule has 0 aromatic heterocycles. The topological polar surface area (TPSA) is 110 Å². The Balaban J connectivity index is 5.13. The van der Waals surface area contributed by atoms with Crippen LogP contribution in [0.2, 0.25) is 0 Å². The minimum atomic E-state index is -1.49. The van der Waals surface area contributed by atoms with E-state index in [9.17, 15) is 24.7 Å². The zero-order chi connectivity index (χ0) is 19.1. The fourth-order valence-corrected chi connectivity index (χ4v) is 1.87. The van der Waals surface area contributed by atoms with E-state index in [4.69, 9.17) is 0 Å². The molecule has 0 aliphatic rings. The number of aliphatic hydroxyl groups is 1. The smallest absolute Gasteiger partial charge is 0.359 e. The summed E-state index contributed by atoms with van der Waals surface area (Å²) in [6.07, 6.45) is -0.116. The average Bonchev–Trinajstić information content (AvgIpc) is 2.54. The van der Waals surface area contributed by atoms with Crippen LogP contribution in [-0.2, 0) is 4.79 Å². The molecule has 0 aromatic carbocycles. The lowest BCUT2D eigenvalue weighted by Crippen LogP contribution is -2.54. The van der Waals surface area contributed by atoms with Crippen molar-refractivity contribution in [1.29, 1.82) is 0 Å². The summed E-state index contributed by atoms with van der Waals surface area (Å²) < 4.78 is 0. The van der Waals surface area contributed by atoms with E-state index < -0.39 is 24.1 Å². The van der Waals surface area contributed by atoms with Gasteiger partial charge in [0.1, 0.15) is 6.10 Å². The molecule has 0 rings (SSSR count). The predicted molar refractivity (Wildman–Crippen MR) is 89.3 cm³/mol. The van der Waals surface area contributed by atoms with Gasteiger partial charge in [0, 0.05) is 13.6 Å². The zero-order valence-corrected chi connectivity index (χ0v) is 15.5. The summed E-state index contributed by atoms with van der Waals surface area (Å²) in [7, 11) is 1.35. The number of hydrogen-bond acceptors (Lipinski definition) is 5. The maximum absolute atomic E-state index is 12.3. The minimum Gasteiger partial charge on any atom is -0.383 e. The highest BCUT2D eigenvalue weighted by Gasteiger charge is 2.35. The first-order valence-electron chi connectivity index (χ1n) is 8.21. The summed E-state index contributed by atoms with van der Waals surface area (Å²) in [4.78, 5) is 37.0. The van der Waals surface area contributed by atoms with Gasteiger partial charge in [-0.05, 0) is 30.6 Å². The molecule has 0 spiro atoms. The van der Waals surface area contributed by atoms with Gasteiger partial charge >= 0.3 is 12.1 Å². The number of urea groups is 2. The molecule has 0 aliphatic heterocycles. The van der Waals surface area contributed by atoms with Crippen LogP contribution in [0.3, 0.4) is 0 Å². The third-order valence-electron chi connectivity index (χ3n) is 3.93. The summed E-state index contributed by atoms with van der Waals surface area (Å²) in [5.41, 5.74) is -0.387. The summed E-state index contributed by atoms with van der Waals surface area (Å²) in [5.74, 6) is -0.869. The van der Waals surface area contributed by atoms with Gasteiger partial charge in [0.05, 0.1) is 0 Å². The van der Waals surface area contributed by atoms with E-state index in [-0.39, 0.29) is 29.4 Å². The van der Waals surface area contributed by atoms with Gasteiger partial charge in [0.25, 0.3) is 5.91 Å². The second kappa shape index (κ2) is 9.58. The monoisotopic (exact) mass is 345 g/mol. The maximum atomic E-state index is 12.3. The highest BCUT2D eigenvalue weighted by atomic mass is 16.5. The summed E-state index contributed by atoms with van der Waals surface area (Å²) in [6.45, 7) is 9.51. The second-order valence-corrected chi connectivity index (χ2v) is 7.08. The number of imide groups is 2. The van der Waals surface area contributed by atoms with Gasteiger partial charge in [0.15, 0.2) is 0 Å². The molecule has 0 radical (unpaired) electrons. The Labute approximate surface area is 143 Å². The molecule has 8 heteroatoms. The molecule has 0 heterocycles. The Morgan fingerprint density at radius 3 is 2.12 bits per heavy atom. The summed E-state index contributed by atoms with van der Waals surface area (Å²) in [5, 5.41) is 21.8. The lowest BCUT2D eigenvalue weighted by molar-refractivity contribution is -0.164. The molecule has 0 saturated heterocycles. The van der Waals surface area contributed by atoms with Crippen molar-refractivity contribution in [3.8, 4) is 0 Å². The van der Waals surface area contributed by atoms with Crippen molar-refractivity contribution in [2.75, 3.05) is 13.6 Å². The molecule has 0 aliphatic carbocycles. The molecule has 0 saturated carbocycles. The molecule has 5 amide bonds. The molecule has 0 aromatic rings. The third kappa shape index (κ3) is 6.84. The van der Waals surface area contributed by atoms with Gasteiger partial charge in [-0.2, -0.15) is 0 Å².